The van der Waals surface area contributed by atoms with Gasteiger partial charge in [-0.15, -0.1) is 0 Å². The van der Waals surface area contributed by atoms with Gasteiger partial charge in [0.05, 0.1) is 18.3 Å². The number of aryl methyl sites for hydroxylation is 1. The van der Waals surface area contributed by atoms with Crippen molar-refractivity contribution in [3.8, 4) is 17.1 Å². The number of alkyl halides is 3. The van der Waals surface area contributed by atoms with Crippen LogP contribution in [-0.4, -0.2) is 32.8 Å². The Kier molecular flexibility index (Phi) is 4.71. The molecule has 3 heterocycles. The first-order valence-electron chi connectivity index (χ1n) is 9.12. The Morgan fingerprint density at radius 2 is 1.97 bits per heavy atom. The fourth-order valence-electron chi connectivity index (χ4n) is 3.24. The third-order valence-electron chi connectivity index (χ3n) is 5.06. The Morgan fingerprint density at radius 3 is 2.53 bits per heavy atom. The molecule has 0 aliphatic heterocycles. The number of pyridine rings is 2. The molecule has 156 valence electrons. The van der Waals surface area contributed by atoms with Gasteiger partial charge in [0.2, 0.25) is 5.88 Å². The highest BCUT2D eigenvalue weighted by Crippen LogP contribution is 2.45. The lowest BCUT2D eigenvalue weighted by atomic mass is 10.1. The highest BCUT2D eigenvalue weighted by Gasteiger charge is 2.46. The minimum Gasteiger partial charge on any atom is -0.481 e. The molecule has 30 heavy (non-hydrogen) atoms. The Hall–Kier alpha value is -3.43. The van der Waals surface area contributed by atoms with Crippen LogP contribution in [0.2, 0.25) is 0 Å². The largest absolute Gasteiger partial charge is 0.481 e. The number of hydrogen-bond donors (Lipinski definition) is 1. The normalized spacial score (nSPS) is 15.0. The lowest BCUT2D eigenvalue weighted by Gasteiger charge is -2.18. The molecule has 0 atom stereocenters. The topological polar surface area (TPSA) is 81.9 Å². The standard InChI is InChI=1S/C20H18F3N5O2/c1-28-15(10-16(27-28)20(21,22)23)18(29)26-19(6-7-19)13-3-4-14(25-11-13)12-5-8-24-17(9-12)30-2/h3-5,8-11H,6-7H2,1-2H3,(H,26,29). The van der Waals surface area contributed by atoms with E-state index in [0.717, 1.165) is 21.9 Å². The second kappa shape index (κ2) is 7.12. The van der Waals surface area contributed by atoms with Crippen molar-refractivity contribution in [3.63, 3.8) is 0 Å². The molecule has 1 amide bonds. The minimum absolute atomic E-state index is 0.151. The zero-order chi connectivity index (χ0) is 21.5. The molecule has 7 nitrogen and oxygen atoms in total. The molecule has 3 aromatic rings. The number of methoxy groups -OCH3 is 1. The van der Waals surface area contributed by atoms with Crippen molar-refractivity contribution in [2.45, 2.75) is 24.6 Å². The lowest BCUT2D eigenvalue weighted by Crippen LogP contribution is -2.36. The Labute approximate surface area is 169 Å². The number of carbonyl (C=O) groups excluding carboxylic acids is 1. The highest BCUT2D eigenvalue weighted by atomic mass is 19.4. The first kappa shape index (κ1) is 19.9. The molecule has 4 rings (SSSR count). The maximum Gasteiger partial charge on any atom is 0.435 e. The number of rotatable bonds is 5. The molecular formula is C20H18F3N5O2. The second-order valence-electron chi connectivity index (χ2n) is 7.09. The van der Waals surface area contributed by atoms with Gasteiger partial charge >= 0.3 is 6.18 Å². The molecule has 1 N–H and O–H groups in total. The van der Waals surface area contributed by atoms with Crippen molar-refractivity contribution in [3.05, 3.63) is 59.7 Å². The van der Waals surface area contributed by atoms with Gasteiger partial charge in [-0.2, -0.15) is 18.3 Å². The summed E-state index contributed by atoms with van der Waals surface area (Å²) in [6.07, 6.45) is 0.0258. The van der Waals surface area contributed by atoms with Gasteiger partial charge in [0.25, 0.3) is 5.91 Å². The molecule has 1 aliphatic rings. The van der Waals surface area contributed by atoms with E-state index in [1.807, 2.05) is 12.1 Å². The summed E-state index contributed by atoms with van der Waals surface area (Å²) in [4.78, 5) is 21.1. The summed E-state index contributed by atoms with van der Waals surface area (Å²) in [7, 11) is 2.84. The summed E-state index contributed by atoms with van der Waals surface area (Å²) in [5, 5.41) is 6.23. The van der Waals surface area contributed by atoms with E-state index in [-0.39, 0.29) is 5.69 Å². The van der Waals surface area contributed by atoms with Crippen LogP contribution < -0.4 is 10.1 Å². The number of nitrogens with zero attached hydrogens (tertiary/aromatic N) is 4. The maximum atomic E-state index is 12.9. The predicted molar refractivity (Wildman–Crippen MR) is 101 cm³/mol. The van der Waals surface area contributed by atoms with Gasteiger partial charge in [-0.1, -0.05) is 6.07 Å². The number of carbonyl (C=O) groups is 1. The van der Waals surface area contributed by atoms with Crippen molar-refractivity contribution in [2.75, 3.05) is 7.11 Å². The highest BCUT2D eigenvalue weighted by molar-refractivity contribution is 5.93. The van der Waals surface area contributed by atoms with Gasteiger partial charge < -0.3 is 10.1 Å². The van der Waals surface area contributed by atoms with Crippen molar-refractivity contribution in [1.82, 2.24) is 25.1 Å². The fourth-order valence-corrected chi connectivity index (χ4v) is 3.24. The Morgan fingerprint density at radius 1 is 1.20 bits per heavy atom. The summed E-state index contributed by atoms with van der Waals surface area (Å²) < 4.78 is 44.6. The van der Waals surface area contributed by atoms with Crippen LogP contribution in [0.5, 0.6) is 5.88 Å². The predicted octanol–water partition coefficient (Wildman–Crippen LogP) is 3.32. The fraction of sp³-hybridized carbons (Fsp3) is 0.300. The molecular weight excluding hydrogens is 399 g/mol. The molecule has 1 aliphatic carbocycles. The van der Waals surface area contributed by atoms with Crippen LogP contribution in [0.3, 0.4) is 0 Å². The third-order valence-corrected chi connectivity index (χ3v) is 5.06. The lowest BCUT2D eigenvalue weighted by molar-refractivity contribution is -0.141. The molecule has 0 radical (unpaired) electrons. The molecule has 0 bridgehead atoms. The van der Waals surface area contributed by atoms with Crippen LogP contribution in [0.25, 0.3) is 11.3 Å². The van der Waals surface area contributed by atoms with Crippen LogP contribution in [0.1, 0.15) is 34.6 Å². The van der Waals surface area contributed by atoms with Crippen molar-refractivity contribution in [1.29, 1.82) is 0 Å². The first-order valence-corrected chi connectivity index (χ1v) is 9.12. The van der Waals surface area contributed by atoms with E-state index >= 15 is 0 Å². The summed E-state index contributed by atoms with van der Waals surface area (Å²) in [5.41, 5.74) is 0.445. The van der Waals surface area contributed by atoms with E-state index in [4.69, 9.17) is 4.74 Å². The molecule has 10 heteroatoms. The number of aromatic nitrogens is 4. The number of amides is 1. The quantitative estimate of drug-likeness (QED) is 0.689. The molecule has 0 aromatic carbocycles. The monoisotopic (exact) mass is 417 g/mol. The zero-order valence-corrected chi connectivity index (χ0v) is 16.2. The summed E-state index contributed by atoms with van der Waals surface area (Å²) >= 11 is 0. The van der Waals surface area contributed by atoms with Crippen LogP contribution in [0.15, 0.2) is 42.7 Å². The summed E-state index contributed by atoms with van der Waals surface area (Å²) in [6, 6.07) is 8.00. The molecule has 3 aromatic heterocycles. The van der Waals surface area contributed by atoms with Gasteiger partial charge in [0, 0.05) is 37.1 Å². The van der Waals surface area contributed by atoms with Gasteiger partial charge in [0.15, 0.2) is 5.69 Å². The van der Waals surface area contributed by atoms with Crippen molar-refractivity contribution < 1.29 is 22.7 Å². The van der Waals surface area contributed by atoms with E-state index in [1.54, 1.807) is 24.5 Å². The molecule has 0 unspecified atom stereocenters. The minimum atomic E-state index is -4.61. The van der Waals surface area contributed by atoms with E-state index in [2.05, 4.69) is 20.4 Å². The Balaban J connectivity index is 1.53. The molecule has 1 saturated carbocycles. The van der Waals surface area contributed by atoms with Gasteiger partial charge in [-0.25, -0.2) is 4.98 Å². The molecule has 0 saturated heterocycles. The average Bonchev–Trinajstić information content (AvgIpc) is 3.39. The Bertz CT molecular complexity index is 1090. The van der Waals surface area contributed by atoms with E-state index in [0.29, 0.717) is 24.4 Å². The van der Waals surface area contributed by atoms with Crippen LogP contribution in [0, 0.1) is 0 Å². The van der Waals surface area contributed by atoms with Gasteiger partial charge in [0.1, 0.15) is 5.69 Å². The van der Waals surface area contributed by atoms with Crippen LogP contribution in [-0.2, 0) is 18.8 Å². The SMILES string of the molecule is COc1cc(-c2ccc(C3(NC(=O)c4cc(C(F)(F)F)nn4C)CC3)cn2)ccn1. The van der Waals surface area contributed by atoms with Gasteiger partial charge in [-0.3, -0.25) is 14.5 Å². The van der Waals surface area contributed by atoms with E-state index in [9.17, 15) is 18.0 Å². The second-order valence-corrected chi connectivity index (χ2v) is 7.09. The maximum absolute atomic E-state index is 12.9. The van der Waals surface area contributed by atoms with Crippen molar-refractivity contribution in [2.24, 2.45) is 7.05 Å². The zero-order valence-electron chi connectivity index (χ0n) is 16.2. The van der Waals surface area contributed by atoms with Crippen LogP contribution in [0.4, 0.5) is 13.2 Å². The van der Waals surface area contributed by atoms with Crippen LogP contribution >= 0.6 is 0 Å². The summed E-state index contributed by atoms with van der Waals surface area (Å²) in [5.74, 6) is -0.139. The number of nitrogens with one attached hydrogen (secondary N) is 1. The smallest absolute Gasteiger partial charge is 0.435 e. The summed E-state index contributed by atoms with van der Waals surface area (Å²) in [6.45, 7) is 0. The number of ether oxygens (including phenoxy) is 1. The number of halogens is 3. The average molecular weight is 417 g/mol. The number of hydrogen-bond acceptors (Lipinski definition) is 5. The van der Waals surface area contributed by atoms with E-state index in [1.165, 1.54) is 14.2 Å². The van der Waals surface area contributed by atoms with Gasteiger partial charge in [-0.05, 0) is 30.5 Å². The van der Waals surface area contributed by atoms with E-state index < -0.39 is 23.3 Å². The first-order chi connectivity index (χ1) is 14.2. The molecule has 0 spiro atoms. The van der Waals surface area contributed by atoms with Crippen molar-refractivity contribution >= 4 is 5.91 Å². The third kappa shape index (κ3) is 3.72. The molecule has 1 fully saturated rings.